The van der Waals surface area contributed by atoms with E-state index in [4.69, 9.17) is 16.3 Å². The number of thioether (sulfide) groups is 1. The Morgan fingerprint density at radius 2 is 1.71 bits per heavy atom. The van der Waals surface area contributed by atoms with Crippen LogP contribution < -0.4 is 15.5 Å². The van der Waals surface area contributed by atoms with Crippen LogP contribution in [0.1, 0.15) is 30.5 Å². The lowest BCUT2D eigenvalue weighted by atomic mass is 10.1. The number of nitrogens with one attached hydrogen (secondary N) is 2. The fourth-order valence-corrected chi connectivity index (χ4v) is 3.91. The van der Waals surface area contributed by atoms with Gasteiger partial charge in [0.2, 0.25) is 5.91 Å². The Morgan fingerprint density at radius 3 is 2.41 bits per heavy atom. The van der Waals surface area contributed by atoms with Crippen LogP contribution in [0.15, 0.2) is 88.9 Å². The third-order valence-corrected chi connectivity index (χ3v) is 6.01. The summed E-state index contributed by atoms with van der Waals surface area (Å²) in [6.45, 7) is 1.85. The summed E-state index contributed by atoms with van der Waals surface area (Å²) < 4.78 is 5.55. The van der Waals surface area contributed by atoms with Crippen molar-refractivity contribution in [3.63, 3.8) is 0 Å². The summed E-state index contributed by atoms with van der Waals surface area (Å²) in [5.74, 6) is 0.863. The molecule has 0 aliphatic carbocycles. The van der Waals surface area contributed by atoms with Gasteiger partial charge in [-0.05, 0) is 66.6 Å². The highest BCUT2D eigenvalue weighted by molar-refractivity contribution is 7.99. The average molecular weight is 496 g/mol. The first-order valence-electron chi connectivity index (χ1n) is 10.8. The summed E-state index contributed by atoms with van der Waals surface area (Å²) in [7, 11) is 0. The maximum atomic E-state index is 12.1. The second kappa shape index (κ2) is 13.4. The van der Waals surface area contributed by atoms with E-state index in [1.807, 2.05) is 61.5 Å². The maximum absolute atomic E-state index is 12.1. The molecule has 0 fully saturated rings. The molecule has 6 nitrogen and oxygen atoms in total. The molecule has 0 radical (unpaired) electrons. The van der Waals surface area contributed by atoms with Gasteiger partial charge in [-0.25, -0.2) is 5.43 Å². The van der Waals surface area contributed by atoms with E-state index in [9.17, 15) is 9.59 Å². The van der Waals surface area contributed by atoms with E-state index in [2.05, 4.69) is 15.8 Å². The first-order chi connectivity index (χ1) is 16.5. The number of nitrogens with zero attached hydrogens (tertiary/aromatic N) is 1. The Hall–Kier alpha value is -3.29. The predicted octanol–water partition coefficient (Wildman–Crippen LogP) is 5.23. The molecule has 2 amide bonds. The van der Waals surface area contributed by atoms with Gasteiger partial charge in [0.1, 0.15) is 5.75 Å². The molecule has 176 valence electrons. The van der Waals surface area contributed by atoms with Crippen molar-refractivity contribution in [3.8, 4) is 5.75 Å². The number of hydrogen-bond acceptors (Lipinski definition) is 5. The third-order valence-electron chi connectivity index (χ3n) is 4.74. The minimum Gasteiger partial charge on any atom is -0.484 e. The number of rotatable bonds is 11. The molecule has 0 bridgehead atoms. The monoisotopic (exact) mass is 495 g/mol. The molecule has 8 heteroatoms. The van der Waals surface area contributed by atoms with Gasteiger partial charge in [0.05, 0.1) is 12.3 Å². The van der Waals surface area contributed by atoms with Gasteiger partial charge < -0.3 is 10.1 Å². The smallest absolute Gasteiger partial charge is 0.258 e. The molecule has 0 spiro atoms. The van der Waals surface area contributed by atoms with Gasteiger partial charge in [-0.3, -0.25) is 9.59 Å². The van der Waals surface area contributed by atoms with Crippen LogP contribution in [0.4, 0.5) is 0 Å². The average Bonchev–Trinajstić information content (AvgIpc) is 2.85. The number of carbonyl (C=O) groups is 2. The number of amides is 2. The molecule has 3 rings (SSSR count). The highest BCUT2D eigenvalue weighted by Crippen LogP contribution is 2.20. The molecule has 0 unspecified atom stereocenters. The number of hydrazone groups is 1. The molecule has 0 saturated carbocycles. The zero-order chi connectivity index (χ0) is 24.2. The highest BCUT2D eigenvalue weighted by atomic mass is 35.5. The first-order valence-corrected chi connectivity index (χ1v) is 12.1. The summed E-state index contributed by atoms with van der Waals surface area (Å²) in [6.07, 6.45) is 1.91. The van der Waals surface area contributed by atoms with E-state index >= 15 is 0 Å². The van der Waals surface area contributed by atoms with Crippen molar-refractivity contribution in [1.82, 2.24) is 10.7 Å². The van der Waals surface area contributed by atoms with Crippen molar-refractivity contribution in [1.29, 1.82) is 0 Å². The van der Waals surface area contributed by atoms with E-state index in [1.165, 1.54) is 0 Å². The number of ether oxygens (including phenoxy) is 1. The molecule has 34 heavy (non-hydrogen) atoms. The van der Waals surface area contributed by atoms with Gasteiger partial charge >= 0.3 is 0 Å². The molecule has 1 atom stereocenters. The van der Waals surface area contributed by atoms with Crippen LogP contribution in [0.3, 0.4) is 0 Å². The van der Waals surface area contributed by atoms with Gasteiger partial charge in [-0.15, -0.1) is 11.8 Å². The van der Waals surface area contributed by atoms with Crippen LogP contribution >= 0.6 is 23.4 Å². The Bertz CT molecular complexity index is 1090. The lowest BCUT2D eigenvalue weighted by molar-refractivity contribution is -0.123. The topological polar surface area (TPSA) is 79.8 Å². The molecule has 0 aliphatic rings. The minimum absolute atomic E-state index is 0.0747. The van der Waals surface area contributed by atoms with Crippen LogP contribution in [0, 0.1) is 0 Å². The Balaban J connectivity index is 1.34. The standard InChI is InChI=1S/C26H26ClN3O3S/c1-19(21-5-3-2-4-6-21)29-26(32)18-33-23-11-7-20(8-12-23)17-28-30-25(31)15-16-34-24-13-9-22(27)10-14-24/h2-14,17,19H,15-16,18H2,1H3,(H,29,32)(H,30,31)/b28-17-/t19-/m0/s1. The fraction of sp³-hybridized carbons (Fsp3) is 0.192. The van der Waals surface area contributed by atoms with E-state index in [0.29, 0.717) is 22.9 Å². The van der Waals surface area contributed by atoms with Gasteiger partial charge in [0.25, 0.3) is 5.91 Å². The number of carbonyl (C=O) groups excluding carboxylic acids is 2. The second-order valence-corrected chi connectivity index (χ2v) is 9.01. The van der Waals surface area contributed by atoms with Gasteiger partial charge in [0.15, 0.2) is 6.61 Å². The quantitative estimate of drug-likeness (QED) is 0.217. The van der Waals surface area contributed by atoms with Crippen LogP contribution in [0.5, 0.6) is 5.75 Å². The zero-order valence-corrected chi connectivity index (χ0v) is 20.3. The normalized spacial score (nSPS) is 11.7. The van der Waals surface area contributed by atoms with Crippen molar-refractivity contribution in [3.05, 3.63) is 95.0 Å². The summed E-state index contributed by atoms with van der Waals surface area (Å²) >= 11 is 7.45. The molecule has 0 saturated heterocycles. The maximum Gasteiger partial charge on any atom is 0.258 e. The zero-order valence-electron chi connectivity index (χ0n) is 18.7. The number of benzene rings is 3. The summed E-state index contributed by atoms with van der Waals surface area (Å²) in [6, 6.07) is 24.2. The van der Waals surface area contributed by atoms with Gasteiger partial charge in [-0.1, -0.05) is 41.9 Å². The second-order valence-electron chi connectivity index (χ2n) is 7.40. The Morgan fingerprint density at radius 1 is 1.00 bits per heavy atom. The molecule has 0 aromatic heterocycles. The van der Waals surface area contributed by atoms with Crippen molar-refractivity contribution >= 4 is 41.4 Å². The molecule has 3 aromatic carbocycles. The molecular formula is C26H26ClN3O3S. The predicted molar refractivity (Wildman–Crippen MR) is 137 cm³/mol. The van der Waals surface area contributed by atoms with E-state index in [1.54, 1.807) is 42.2 Å². The van der Waals surface area contributed by atoms with Crippen molar-refractivity contribution in [2.45, 2.75) is 24.3 Å². The lowest BCUT2D eigenvalue weighted by Crippen LogP contribution is -2.31. The van der Waals surface area contributed by atoms with E-state index in [0.717, 1.165) is 16.0 Å². The largest absolute Gasteiger partial charge is 0.484 e. The van der Waals surface area contributed by atoms with Gasteiger partial charge in [-0.2, -0.15) is 5.10 Å². The molecular weight excluding hydrogens is 470 g/mol. The minimum atomic E-state index is -0.195. The van der Waals surface area contributed by atoms with Crippen LogP contribution in [-0.4, -0.2) is 30.4 Å². The first kappa shape index (κ1) is 25.3. The van der Waals surface area contributed by atoms with Crippen molar-refractivity contribution in [2.24, 2.45) is 5.10 Å². The van der Waals surface area contributed by atoms with Gasteiger partial charge in [0, 0.05) is 22.1 Å². The molecule has 0 heterocycles. The summed E-state index contributed by atoms with van der Waals surface area (Å²) in [4.78, 5) is 25.1. The highest BCUT2D eigenvalue weighted by Gasteiger charge is 2.09. The summed E-state index contributed by atoms with van der Waals surface area (Å²) in [5, 5.41) is 7.59. The van der Waals surface area contributed by atoms with E-state index < -0.39 is 0 Å². The number of hydrogen-bond donors (Lipinski definition) is 2. The van der Waals surface area contributed by atoms with Crippen LogP contribution in [-0.2, 0) is 9.59 Å². The SMILES string of the molecule is C[C@H](NC(=O)COc1ccc(/C=N\NC(=O)CCSc2ccc(Cl)cc2)cc1)c1ccccc1. The summed E-state index contributed by atoms with van der Waals surface area (Å²) in [5.41, 5.74) is 4.36. The fourth-order valence-electron chi connectivity index (χ4n) is 2.93. The van der Waals surface area contributed by atoms with Crippen LogP contribution in [0.2, 0.25) is 5.02 Å². The Kier molecular flexibility index (Phi) is 10.0. The Labute approximate surface area is 208 Å². The number of halogens is 1. The van der Waals surface area contributed by atoms with Crippen molar-refractivity contribution in [2.75, 3.05) is 12.4 Å². The molecule has 2 N–H and O–H groups in total. The molecule has 0 aliphatic heterocycles. The molecule has 3 aromatic rings. The van der Waals surface area contributed by atoms with Crippen LogP contribution in [0.25, 0.3) is 0 Å². The third kappa shape index (κ3) is 8.92. The lowest BCUT2D eigenvalue weighted by Gasteiger charge is -2.14. The van der Waals surface area contributed by atoms with E-state index in [-0.39, 0.29) is 24.5 Å². The van der Waals surface area contributed by atoms with Crippen molar-refractivity contribution < 1.29 is 14.3 Å².